The van der Waals surface area contributed by atoms with Gasteiger partial charge in [-0.25, -0.2) is 8.78 Å². The van der Waals surface area contributed by atoms with E-state index in [9.17, 15) is 28.3 Å². The fourth-order valence-electron chi connectivity index (χ4n) is 4.28. The zero-order valence-electron chi connectivity index (χ0n) is 22.4. The van der Waals surface area contributed by atoms with E-state index < -0.39 is 41.6 Å². The zero-order chi connectivity index (χ0) is 28.6. The van der Waals surface area contributed by atoms with Gasteiger partial charge >= 0.3 is 0 Å². The van der Waals surface area contributed by atoms with E-state index in [2.05, 4.69) is 0 Å². The van der Waals surface area contributed by atoms with Crippen molar-refractivity contribution in [2.75, 3.05) is 19.6 Å². The van der Waals surface area contributed by atoms with Crippen molar-refractivity contribution in [3.8, 4) is 0 Å². The maximum Gasteiger partial charge on any atom is 0.254 e. The van der Waals surface area contributed by atoms with Gasteiger partial charge in [-0.1, -0.05) is 13.8 Å². The van der Waals surface area contributed by atoms with Crippen LogP contribution in [0.25, 0.3) is 0 Å². The lowest BCUT2D eigenvalue weighted by atomic mass is 10.00. The van der Waals surface area contributed by atoms with E-state index in [4.69, 9.17) is 11.5 Å². The third-order valence-electron chi connectivity index (χ3n) is 6.26. The van der Waals surface area contributed by atoms with Crippen molar-refractivity contribution in [3.05, 3.63) is 70.3 Å². The number of aryl methyl sites for hydroxylation is 1. The molecule has 0 aliphatic rings. The van der Waals surface area contributed by atoms with Crippen molar-refractivity contribution in [1.29, 1.82) is 0 Å². The van der Waals surface area contributed by atoms with Crippen LogP contribution in [0.4, 0.5) is 8.78 Å². The van der Waals surface area contributed by atoms with Crippen molar-refractivity contribution in [2.24, 2.45) is 11.5 Å². The lowest BCUT2D eigenvalue weighted by Gasteiger charge is -2.31. The van der Waals surface area contributed by atoms with Crippen LogP contribution in [-0.2, 0) is 11.2 Å². The highest BCUT2D eigenvalue weighted by molar-refractivity contribution is 6.01. The Bertz CT molecular complexity index is 1120. The summed E-state index contributed by atoms with van der Waals surface area (Å²) in [5, 5.41) is 10.8. The first kappa shape index (κ1) is 30.9. The van der Waals surface area contributed by atoms with Gasteiger partial charge in [0, 0.05) is 42.9 Å². The van der Waals surface area contributed by atoms with Crippen LogP contribution in [0.15, 0.2) is 36.4 Å². The van der Waals surface area contributed by atoms with E-state index in [0.29, 0.717) is 24.2 Å². The summed E-state index contributed by atoms with van der Waals surface area (Å²) in [5.41, 5.74) is 13.0. The number of amides is 3. The van der Waals surface area contributed by atoms with Crippen molar-refractivity contribution in [1.82, 2.24) is 9.80 Å². The fraction of sp³-hybridized carbons (Fsp3) is 0.464. The molecule has 38 heavy (non-hydrogen) atoms. The molecule has 0 fully saturated rings. The number of halogens is 2. The summed E-state index contributed by atoms with van der Waals surface area (Å²) in [6.45, 7) is 7.92. The number of nitrogens with two attached hydrogens (primary N) is 2. The maximum absolute atomic E-state index is 13.6. The van der Waals surface area contributed by atoms with Crippen molar-refractivity contribution < 1.29 is 28.3 Å². The Balaban J connectivity index is 2.33. The van der Waals surface area contributed by atoms with Gasteiger partial charge in [0.25, 0.3) is 11.8 Å². The van der Waals surface area contributed by atoms with E-state index in [1.165, 1.54) is 13.0 Å². The Morgan fingerprint density at radius 3 is 1.95 bits per heavy atom. The standard InChI is InChI=1S/C28H38F2N4O4/c1-5-7-33(8-6-2)27(37)20-9-17(3)10-21(14-20)28(38)34(18(4)26(32)36)16-25(35)24(31)13-19-11-22(29)15-23(30)12-19/h9-12,14-15,18,24-25,35H,5-8,13,16,31H2,1-4H3,(H2,32,36)/t18?,24-,25+/m0/s1. The Kier molecular flexibility index (Phi) is 11.3. The number of carbonyl (C=O) groups excluding carboxylic acids is 3. The van der Waals surface area contributed by atoms with E-state index in [1.807, 2.05) is 13.8 Å². The monoisotopic (exact) mass is 532 g/mol. The summed E-state index contributed by atoms with van der Waals surface area (Å²) in [4.78, 5) is 41.6. The highest BCUT2D eigenvalue weighted by atomic mass is 19.1. The van der Waals surface area contributed by atoms with Gasteiger partial charge in [-0.15, -0.1) is 0 Å². The Labute approximate surface area is 222 Å². The number of nitrogens with zero attached hydrogens (tertiary/aromatic N) is 2. The molecule has 0 aliphatic carbocycles. The van der Waals surface area contributed by atoms with Gasteiger partial charge in [0.15, 0.2) is 0 Å². The Hall–Kier alpha value is -3.37. The summed E-state index contributed by atoms with van der Waals surface area (Å²) >= 11 is 0. The molecule has 5 N–H and O–H groups in total. The van der Waals surface area contributed by atoms with Crippen LogP contribution in [0.3, 0.4) is 0 Å². The smallest absolute Gasteiger partial charge is 0.254 e. The van der Waals surface area contributed by atoms with E-state index in [0.717, 1.165) is 35.9 Å². The molecule has 0 saturated carbocycles. The zero-order valence-corrected chi connectivity index (χ0v) is 22.4. The van der Waals surface area contributed by atoms with Crippen molar-refractivity contribution in [2.45, 2.75) is 65.1 Å². The fourth-order valence-corrected chi connectivity index (χ4v) is 4.28. The summed E-state index contributed by atoms with van der Waals surface area (Å²) in [7, 11) is 0. The number of hydrogen-bond acceptors (Lipinski definition) is 5. The highest BCUT2D eigenvalue weighted by Gasteiger charge is 2.30. The molecule has 208 valence electrons. The van der Waals surface area contributed by atoms with Crippen LogP contribution in [0, 0.1) is 18.6 Å². The number of benzene rings is 2. The van der Waals surface area contributed by atoms with E-state index >= 15 is 0 Å². The molecule has 3 amide bonds. The molecule has 3 atom stereocenters. The van der Waals surface area contributed by atoms with Crippen molar-refractivity contribution in [3.63, 3.8) is 0 Å². The molecule has 0 radical (unpaired) electrons. The Morgan fingerprint density at radius 2 is 1.45 bits per heavy atom. The average Bonchev–Trinajstić information content (AvgIpc) is 2.84. The van der Waals surface area contributed by atoms with E-state index in [1.54, 1.807) is 24.0 Å². The second kappa shape index (κ2) is 14.0. The third kappa shape index (κ3) is 8.32. The lowest BCUT2D eigenvalue weighted by molar-refractivity contribution is -0.122. The second-order valence-corrected chi connectivity index (χ2v) is 9.63. The molecule has 0 aromatic heterocycles. The quantitative estimate of drug-likeness (QED) is 0.365. The molecule has 1 unspecified atom stereocenters. The van der Waals surface area contributed by atoms with E-state index in [-0.39, 0.29) is 30.0 Å². The SMILES string of the molecule is CCCN(CCC)C(=O)c1cc(C)cc(C(=O)N(C[C@@H](O)[C@@H](N)Cc2cc(F)cc(F)c2)C(C)C(N)=O)c1. The van der Waals surface area contributed by atoms with Gasteiger partial charge in [-0.3, -0.25) is 14.4 Å². The van der Waals surface area contributed by atoms with Crippen LogP contribution >= 0.6 is 0 Å². The summed E-state index contributed by atoms with van der Waals surface area (Å²) < 4.78 is 27.1. The highest BCUT2D eigenvalue weighted by Crippen LogP contribution is 2.18. The molecule has 8 nitrogen and oxygen atoms in total. The molecule has 0 aliphatic heterocycles. The van der Waals surface area contributed by atoms with Gasteiger partial charge < -0.3 is 26.4 Å². The maximum atomic E-state index is 13.6. The number of carbonyl (C=O) groups is 3. The molecular formula is C28H38F2N4O4. The van der Waals surface area contributed by atoms with Gasteiger partial charge in [0.2, 0.25) is 5.91 Å². The van der Waals surface area contributed by atoms with Crippen LogP contribution in [0.5, 0.6) is 0 Å². The molecule has 2 rings (SSSR count). The largest absolute Gasteiger partial charge is 0.390 e. The third-order valence-corrected chi connectivity index (χ3v) is 6.26. The number of hydrogen-bond donors (Lipinski definition) is 3. The summed E-state index contributed by atoms with van der Waals surface area (Å²) in [5.74, 6) is -3.17. The van der Waals surface area contributed by atoms with Crippen LogP contribution in [0.1, 0.15) is 65.5 Å². The molecule has 0 bridgehead atoms. The molecule has 10 heteroatoms. The lowest BCUT2D eigenvalue weighted by Crippen LogP contribution is -2.52. The Morgan fingerprint density at radius 1 is 0.921 bits per heavy atom. The van der Waals surface area contributed by atoms with Crippen LogP contribution in [-0.4, -0.2) is 70.4 Å². The second-order valence-electron chi connectivity index (χ2n) is 9.63. The van der Waals surface area contributed by atoms with Gasteiger partial charge in [-0.2, -0.15) is 0 Å². The minimum Gasteiger partial charge on any atom is -0.390 e. The van der Waals surface area contributed by atoms with Gasteiger partial charge in [0.05, 0.1) is 6.10 Å². The predicted octanol–water partition coefficient (Wildman–Crippen LogP) is 2.78. The topological polar surface area (TPSA) is 130 Å². The van der Waals surface area contributed by atoms with Crippen LogP contribution < -0.4 is 11.5 Å². The summed E-state index contributed by atoms with van der Waals surface area (Å²) in [6.07, 6.45) is 0.153. The van der Waals surface area contributed by atoms with Gasteiger partial charge in [-0.05, 0) is 74.6 Å². The number of primary amides is 1. The first-order chi connectivity index (χ1) is 17.9. The minimum absolute atomic E-state index is 0.0728. The molecule has 0 heterocycles. The first-order valence-electron chi connectivity index (χ1n) is 12.8. The van der Waals surface area contributed by atoms with Gasteiger partial charge in [0.1, 0.15) is 17.7 Å². The molecule has 0 spiro atoms. The normalized spacial score (nSPS) is 13.5. The molecule has 0 saturated heterocycles. The number of aliphatic hydroxyl groups is 1. The predicted molar refractivity (Wildman–Crippen MR) is 141 cm³/mol. The van der Waals surface area contributed by atoms with Crippen molar-refractivity contribution >= 4 is 17.7 Å². The molecular weight excluding hydrogens is 494 g/mol. The molecule has 2 aromatic carbocycles. The minimum atomic E-state index is -1.34. The first-order valence-corrected chi connectivity index (χ1v) is 12.8. The average molecular weight is 533 g/mol. The molecule has 2 aromatic rings. The number of aliphatic hydroxyl groups excluding tert-OH is 1. The number of rotatable bonds is 13. The van der Waals surface area contributed by atoms with Crippen LogP contribution in [0.2, 0.25) is 0 Å². The summed E-state index contributed by atoms with van der Waals surface area (Å²) in [6, 6.07) is 5.59.